The monoisotopic (exact) mass is 237 g/mol. The second-order valence-electron chi connectivity index (χ2n) is 4.13. The molecule has 1 heterocycles. The molecule has 0 amide bonds. The molecule has 1 rings (SSSR count). The van der Waals surface area contributed by atoms with Crippen molar-refractivity contribution in [3.63, 3.8) is 0 Å². The Morgan fingerprint density at radius 2 is 2.18 bits per heavy atom. The summed E-state index contributed by atoms with van der Waals surface area (Å²) < 4.78 is 0. The number of nitrogens with one attached hydrogen (secondary N) is 1. The van der Waals surface area contributed by atoms with E-state index < -0.39 is 0 Å². The number of rotatable bonds is 8. The average molecular weight is 237 g/mol. The molecule has 0 aliphatic rings. The van der Waals surface area contributed by atoms with E-state index in [0.29, 0.717) is 6.54 Å². The molecule has 0 aliphatic carbocycles. The van der Waals surface area contributed by atoms with Crippen LogP contribution in [0.15, 0.2) is 24.5 Å². The molecule has 0 aliphatic heterocycles. The number of aliphatic hydroxyl groups excluding tert-OH is 1. The van der Waals surface area contributed by atoms with Crippen LogP contribution < -0.4 is 5.32 Å². The zero-order valence-corrected chi connectivity index (χ0v) is 10.8. The Kier molecular flexibility index (Phi) is 6.77. The fourth-order valence-corrected chi connectivity index (χ4v) is 1.73. The van der Waals surface area contributed by atoms with E-state index in [4.69, 9.17) is 0 Å². The molecule has 1 aromatic heterocycles. The lowest BCUT2D eigenvalue weighted by Crippen LogP contribution is -2.38. The van der Waals surface area contributed by atoms with Crippen molar-refractivity contribution in [1.82, 2.24) is 15.2 Å². The van der Waals surface area contributed by atoms with Gasteiger partial charge in [-0.05, 0) is 24.7 Å². The molecule has 0 spiro atoms. The molecule has 96 valence electrons. The minimum absolute atomic E-state index is 0.313. The van der Waals surface area contributed by atoms with Crippen LogP contribution in [-0.4, -0.2) is 47.3 Å². The fraction of sp³-hybridized carbons (Fsp3) is 0.615. The van der Waals surface area contributed by atoms with E-state index in [9.17, 15) is 5.11 Å². The van der Waals surface area contributed by atoms with Crippen LogP contribution in [-0.2, 0) is 6.54 Å². The van der Waals surface area contributed by atoms with Crippen LogP contribution in [0.2, 0.25) is 0 Å². The molecule has 4 heteroatoms. The van der Waals surface area contributed by atoms with Gasteiger partial charge in [0.05, 0.1) is 6.10 Å². The Morgan fingerprint density at radius 1 is 1.41 bits per heavy atom. The number of aromatic nitrogens is 1. The van der Waals surface area contributed by atoms with Crippen molar-refractivity contribution in [2.24, 2.45) is 0 Å². The molecule has 0 saturated carbocycles. The van der Waals surface area contributed by atoms with Gasteiger partial charge >= 0.3 is 0 Å². The van der Waals surface area contributed by atoms with Crippen molar-refractivity contribution in [1.29, 1.82) is 0 Å². The second-order valence-corrected chi connectivity index (χ2v) is 4.13. The second kappa shape index (κ2) is 8.17. The molecule has 0 radical (unpaired) electrons. The highest BCUT2D eigenvalue weighted by molar-refractivity contribution is 5.07. The summed E-state index contributed by atoms with van der Waals surface area (Å²) in [6.45, 7) is 8.28. The van der Waals surface area contributed by atoms with E-state index in [1.807, 2.05) is 18.3 Å². The third-order valence-corrected chi connectivity index (χ3v) is 2.80. The van der Waals surface area contributed by atoms with Gasteiger partial charge in [-0.2, -0.15) is 0 Å². The quantitative estimate of drug-likeness (QED) is 0.704. The van der Waals surface area contributed by atoms with E-state index >= 15 is 0 Å². The Balaban J connectivity index is 2.18. The van der Waals surface area contributed by atoms with Crippen LogP contribution >= 0.6 is 0 Å². The maximum absolute atomic E-state index is 9.84. The molecule has 1 aromatic rings. The maximum Gasteiger partial charge on any atom is 0.0791 e. The van der Waals surface area contributed by atoms with Gasteiger partial charge in [0, 0.05) is 32.0 Å². The van der Waals surface area contributed by atoms with E-state index in [1.165, 1.54) is 0 Å². The number of hydrogen-bond acceptors (Lipinski definition) is 4. The Labute approximate surface area is 104 Å². The Bertz CT molecular complexity index is 288. The van der Waals surface area contributed by atoms with Gasteiger partial charge in [-0.3, -0.25) is 4.98 Å². The van der Waals surface area contributed by atoms with Gasteiger partial charge in [-0.25, -0.2) is 0 Å². The maximum atomic E-state index is 9.84. The fourth-order valence-electron chi connectivity index (χ4n) is 1.73. The van der Waals surface area contributed by atoms with Crippen molar-refractivity contribution in [2.45, 2.75) is 26.5 Å². The number of pyridine rings is 1. The first-order chi connectivity index (χ1) is 8.26. The largest absolute Gasteiger partial charge is 0.390 e. The normalized spacial score (nSPS) is 12.9. The van der Waals surface area contributed by atoms with E-state index in [1.54, 1.807) is 6.20 Å². The SMILES string of the molecule is CCN(CC)CC(O)CNCc1cccnc1. The first-order valence-corrected chi connectivity index (χ1v) is 6.26. The standard InChI is InChI=1S/C13H23N3O/c1-3-16(4-2)11-13(17)10-15-9-12-6-5-7-14-8-12/h5-8,13,15,17H,3-4,9-11H2,1-2H3. The summed E-state index contributed by atoms with van der Waals surface area (Å²) in [7, 11) is 0. The lowest BCUT2D eigenvalue weighted by molar-refractivity contribution is 0.116. The van der Waals surface area contributed by atoms with Gasteiger partial charge in [-0.1, -0.05) is 19.9 Å². The summed E-state index contributed by atoms with van der Waals surface area (Å²) in [6, 6.07) is 3.94. The molecule has 17 heavy (non-hydrogen) atoms. The van der Waals surface area contributed by atoms with Crippen LogP contribution in [0.4, 0.5) is 0 Å². The first-order valence-electron chi connectivity index (χ1n) is 6.26. The average Bonchev–Trinajstić information content (AvgIpc) is 2.37. The minimum Gasteiger partial charge on any atom is -0.390 e. The van der Waals surface area contributed by atoms with Gasteiger partial charge in [0.25, 0.3) is 0 Å². The zero-order chi connectivity index (χ0) is 12.5. The van der Waals surface area contributed by atoms with E-state index in [0.717, 1.165) is 31.7 Å². The number of hydrogen-bond donors (Lipinski definition) is 2. The smallest absolute Gasteiger partial charge is 0.0791 e. The number of aliphatic hydroxyl groups is 1. The summed E-state index contributed by atoms with van der Waals surface area (Å²) in [5.41, 5.74) is 1.14. The van der Waals surface area contributed by atoms with Crippen LogP contribution in [0.1, 0.15) is 19.4 Å². The van der Waals surface area contributed by atoms with Gasteiger partial charge in [-0.15, -0.1) is 0 Å². The van der Waals surface area contributed by atoms with Crippen LogP contribution in [0.3, 0.4) is 0 Å². The van der Waals surface area contributed by atoms with Crippen LogP contribution in [0, 0.1) is 0 Å². The summed E-state index contributed by atoms with van der Waals surface area (Å²) in [5, 5.41) is 13.1. The molecule has 2 N–H and O–H groups in total. The van der Waals surface area contributed by atoms with Crippen LogP contribution in [0.25, 0.3) is 0 Å². The minimum atomic E-state index is -0.313. The van der Waals surface area contributed by atoms with Gasteiger partial charge in [0.1, 0.15) is 0 Å². The lowest BCUT2D eigenvalue weighted by Gasteiger charge is -2.22. The number of nitrogens with zero attached hydrogens (tertiary/aromatic N) is 2. The van der Waals surface area contributed by atoms with Crippen molar-refractivity contribution in [3.8, 4) is 0 Å². The van der Waals surface area contributed by atoms with Gasteiger partial charge < -0.3 is 15.3 Å². The molecule has 1 unspecified atom stereocenters. The molecule has 0 aromatic carbocycles. The molecule has 0 fully saturated rings. The summed E-state index contributed by atoms with van der Waals surface area (Å²) >= 11 is 0. The highest BCUT2D eigenvalue weighted by Gasteiger charge is 2.07. The first kappa shape index (κ1) is 14.1. The molecule has 0 saturated heterocycles. The van der Waals surface area contributed by atoms with Crippen molar-refractivity contribution < 1.29 is 5.11 Å². The third-order valence-electron chi connectivity index (χ3n) is 2.80. The lowest BCUT2D eigenvalue weighted by atomic mass is 10.2. The Morgan fingerprint density at radius 3 is 2.76 bits per heavy atom. The van der Waals surface area contributed by atoms with E-state index in [2.05, 4.69) is 29.0 Å². The molecule has 4 nitrogen and oxygen atoms in total. The zero-order valence-electron chi connectivity index (χ0n) is 10.8. The molecular weight excluding hydrogens is 214 g/mol. The molecule has 1 atom stereocenters. The third kappa shape index (κ3) is 5.77. The molecular formula is C13H23N3O. The molecule has 0 bridgehead atoms. The Hall–Kier alpha value is -0.970. The van der Waals surface area contributed by atoms with Gasteiger partial charge in [0.2, 0.25) is 0 Å². The van der Waals surface area contributed by atoms with E-state index in [-0.39, 0.29) is 6.10 Å². The van der Waals surface area contributed by atoms with Crippen molar-refractivity contribution in [2.75, 3.05) is 26.2 Å². The van der Waals surface area contributed by atoms with Crippen LogP contribution in [0.5, 0.6) is 0 Å². The summed E-state index contributed by atoms with van der Waals surface area (Å²) in [6.07, 6.45) is 3.29. The highest BCUT2D eigenvalue weighted by Crippen LogP contribution is 1.95. The summed E-state index contributed by atoms with van der Waals surface area (Å²) in [4.78, 5) is 6.27. The topological polar surface area (TPSA) is 48.4 Å². The van der Waals surface area contributed by atoms with Gasteiger partial charge in [0.15, 0.2) is 0 Å². The highest BCUT2D eigenvalue weighted by atomic mass is 16.3. The van der Waals surface area contributed by atoms with Crippen molar-refractivity contribution in [3.05, 3.63) is 30.1 Å². The van der Waals surface area contributed by atoms with Crippen molar-refractivity contribution >= 4 is 0 Å². The number of likely N-dealkylation sites (N-methyl/N-ethyl adjacent to an activating group) is 1. The predicted octanol–water partition coefficient (Wildman–Crippen LogP) is 0.874. The predicted molar refractivity (Wildman–Crippen MR) is 69.7 cm³/mol. The summed E-state index contributed by atoms with van der Waals surface area (Å²) in [5.74, 6) is 0.